The minimum atomic E-state index is -0.863. The molecule has 2 N–H and O–H groups in total. The van der Waals surface area contributed by atoms with Gasteiger partial charge in [0.25, 0.3) is 0 Å². The Morgan fingerprint density at radius 3 is 2.30 bits per heavy atom. The van der Waals surface area contributed by atoms with Crippen molar-refractivity contribution in [1.82, 2.24) is 0 Å². The molecule has 0 radical (unpaired) electrons. The number of hydrogen-bond acceptors (Lipinski definition) is 6. The lowest BCUT2D eigenvalue weighted by Gasteiger charge is -2.32. The number of aliphatic carboxylic acids is 1. The van der Waals surface area contributed by atoms with E-state index in [9.17, 15) is 15.0 Å². The molecule has 1 aliphatic rings. The number of anilines is 1. The number of methoxy groups -OCH3 is 1. The van der Waals surface area contributed by atoms with Crippen LogP contribution in [0.3, 0.4) is 0 Å². The fourth-order valence-electron chi connectivity index (χ4n) is 4.82. The highest BCUT2D eigenvalue weighted by Crippen LogP contribution is 2.39. The van der Waals surface area contributed by atoms with E-state index in [0.717, 1.165) is 63.3 Å². The molecule has 0 spiro atoms. The summed E-state index contributed by atoms with van der Waals surface area (Å²) in [6, 6.07) is 20.1. The third kappa shape index (κ3) is 6.18. The predicted octanol–water partition coefficient (Wildman–Crippen LogP) is 5.42. The Morgan fingerprint density at radius 1 is 1.00 bits per heavy atom. The Bertz CT molecular complexity index is 1280. The largest absolute Gasteiger partial charge is 0.497 e. The zero-order chi connectivity index (χ0) is 26.4. The second-order valence-corrected chi connectivity index (χ2v) is 9.41. The molecule has 1 saturated heterocycles. The lowest BCUT2D eigenvalue weighted by molar-refractivity contribution is -0.136. The number of nitrogens with zero attached hydrogens (tertiary/aromatic N) is 1. The Balaban J connectivity index is 1.90. The molecule has 0 aromatic heterocycles. The van der Waals surface area contributed by atoms with Crippen LogP contribution in [0.25, 0.3) is 16.7 Å². The molecule has 0 unspecified atom stereocenters. The van der Waals surface area contributed by atoms with Crippen LogP contribution in [-0.4, -0.2) is 49.6 Å². The van der Waals surface area contributed by atoms with Crippen molar-refractivity contribution in [3.8, 4) is 16.9 Å². The number of carbonyl (C=O) groups is 1. The van der Waals surface area contributed by atoms with Gasteiger partial charge in [-0.3, -0.25) is 4.79 Å². The average molecular weight is 520 g/mol. The summed E-state index contributed by atoms with van der Waals surface area (Å²) < 4.78 is 11.0. The van der Waals surface area contributed by atoms with E-state index in [0.29, 0.717) is 24.7 Å². The summed E-state index contributed by atoms with van der Waals surface area (Å²) in [4.78, 5) is 13.9. The zero-order valence-corrected chi connectivity index (χ0v) is 22.1. The number of carboxylic acid groups (broad SMARTS) is 1. The van der Waals surface area contributed by atoms with Gasteiger partial charge in [-0.2, -0.15) is 12.6 Å². The lowest BCUT2D eigenvalue weighted by atomic mass is 9.89. The van der Waals surface area contributed by atoms with Crippen molar-refractivity contribution in [3.05, 3.63) is 88.5 Å². The van der Waals surface area contributed by atoms with Crippen molar-refractivity contribution in [3.63, 3.8) is 0 Å². The summed E-state index contributed by atoms with van der Waals surface area (Å²) in [6.07, 6.45) is -0.0502. The van der Waals surface area contributed by atoms with Gasteiger partial charge < -0.3 is 24.6 Å². The van der Waals surface area contributed by atoms with Gasteiger partial charge in [-0.25, -0.2) is 0 Å². The monoisotopic (exact) mass is 519 g/mol. The number of rotatable bonds is 9. The number of hydrogen-bond donors (Lipinski definition) is 3. The number of ether oxygens (including phenoxy) is 2. The van der Waals surface area contributed by atoms with Crippen LogP contribution in [-0.2, 0) is 21.9 Å². The highest BCUT2D eigenvalue weighted by Gasteiger charge is 2.21. The number of aliphatic hydroxyl groups is 1. The molecule has 0 saturated carbocycles. The fraction of sp³-hybridized carbons (Fsp3) is 0.300. The molecule has 7 heteroatoms. The number of carboxylic acids is 1. The summed E-state index contributed by atoms with van der Waals surface area (Å²) in [5, 5.41) is 19.7. The van der Waals surface area contributed by atoms with E-state index >= 15 is 0 Å². The van der Waals surface area contributed by atoms with E-state index in [1.54, 1.807) is 7.11 Å². The smallest absolute Gasteiger partial charge is 0.307 e. The van der Waals surface area contributed by atoms with E-state index in [1.807, 2.05) is 55.5 Å². The van der Waals surface area contributed by atoms with Gasteiger partial charge in [-0.1, -0.05) is 48.0 Å². The van der Waals surface area contributed by atoms with Crippen LogP contribution in [0.15, 0.2) is 66.2 Å². The highest BCUT2D eigenvalue weighted by atomic mass is 32.1. The molecule has 0 atom stereocenters. The lowest BCUT2D eigenvalue weighted by Crippen LogP contribution is -2.36. The van der Waals surface area contributed by atoms with Gasteiger partial charge in [0.2, 0.25) is 0 Å². The SMILES string of the molecule is COc1ccc(-c2ccc(/C(=C(/C)CC(=O)O)c3ccc(CS)cc3)cc2N2CCOCC2)c(CO)c1. The third-order valence-corrected chi connectivity index (χ3v) is 7.04. The van der Waals surface area contributed by atoms with Crippen molar-refractivity contribution in [2.24, 2.45) is 0 Å². The quantitative estimate of drug-likeness (QED) is 0.328. The molecule has 4 rings (SSSR count). The normalized spacial score (nSPS) is 14.3. The number of benzene rings is 3. The van der Waals surface area contributed by atoms with Crippen LogP contribution in [0.2, 0.25) is 0 Å². The molecule has 0 amide bonds. The van der Waals surface area contributed by atoms with Crippen LogP contribution in [0, 0.1) is 0 Å². The Hall–Kier alpha value is -3.26. The molecular weight excluding hydrogens is 486 g/mol. The molecule has 194 valence electrons. The number of morpholine rings is 1. The summed E-state index contributed by atoms with van der Waals surface area (Å²) >= 11 is 4.37. The van der Waals surface area contributed by atoms with E-state index in [-0.39, 0.29) is 13.0 Å². The average Bonchev–Trinajstić information content (AvgIpc) is 2.93. The van der Waals surface area contributed by atoms with Crippen molar-refractivity contribution in [1.29, 1.82) is 0 Å². The van der Waals surface area contributed by atoms with Crippen LogP contribution in [0.5, 0.6) is 5.75 Å². The first-order valence-corrected chi connectivity index (χ1v) is 13.0. The minimum absolute atomic E-state index is 0.0502. The van der Waals surface area contributed by atoms with Crippen LogP contribution >= 0.6 is 12.6 Å². The zero-order valence-electron chi connectivity index (χ0n) is 21.2. The van der Waals surface area contributed by atoms with Crippen LogP contribution in [0.4, 0.5) is 5.69 Å². The first-order valence-electron chi connectivity index (χ1n) is 12.3. The summed E-state index contributed by atoms with van der Waals surface area (Å²) in [5.74, 6) is 0.465. The maximum atomic E-state index is 11.7. The molecule has 1 aliphatic heterocycles. The maximum Gasteiger partial charge on any atom is 0.307 e. The molecule has 0 bridgehead atoms. The first-order chi connectivity index (χ1) is 17.9. The van der Waals surface area contributed by atoms with Gasteiger partial charge in [0.05, 0.1) is 33.4 Å². The molecule has 37 heavy (non-hydrogen) atoms. The second kappa shape index (κ2) is 12.3. The van der Waals surface area contributed by atoms with Gasteiger partial charge in [-0.05, 0) is 58.5 Å². The van der Waals surface area contributed by atoms with E-state index in [4.69, 9.17) is 9.47 Å². The summed E-state index contributed by atoms with van der Waals surface area (Å²) in [7, 11) is 1.61. The molecule has 3 aromatic carbocycles. The van der Waals surface area contributed by atoms with E-state index < -0.39 is 5.97 Å². The molecule has 6 nitrogen and oxygen atoms in total. The van der Waals surface area contributed by atoms with Gasteiger partial charge in [0.15, 0.2) is 0 Å². The number of thiol groups is 1. The van der Waals surface area contributed by atoms with Gasteiger partial charge in [0.1, 0.15) is 5.75 Å². The van der Waals surface area contributed by atoms with Crippen molar-refractivity contribution in [2.75, 3.05) is 38.3 Å². The molecule has 0 aliphatic carbocycles. The van der Waals surface area contributed by atoms with E-state index in [2.05, 4.69) is 29.7 Å². The van der Waals surface area contributed by atoms with Crippen LogP contribution in [0.1, 0.15) is 35.6 Å². The summed E-state index contributed by atoms with van der Waals surface area (Å²) in [5.41, 5.74) is 8.43. The van der Waals surface area contributed by atoms with Crippen molar-refractivity contribution < 1.29 is 24.5 Å². The summed E-state index contributed by atoms with van der Waals surface area (Å²) in [6.45, 7) is 4.51. The Kier molecular flexibility index (Phi) is 8.92. The van der Waals surface area contributed by atoms with Gasteiger partial charge in [-0.15, -0.1) is 0 Å². The van der Waals surface area contributed by atoms with Gasteiger partial charge in [0, 0.05) is 30.1 Å². The van der Waals surface area contributed by atoms with Gasteiger partial charge >= 0.3 is 5.97 Å². The standard InChI is InChI=1S/C30H33NO5S/c1-20(15-29(33)34)30(22-5-3-21(19-37)4-6-22)23-7-9-27(28(17-23)31-11-13-36-14-12-31)26-10-8-25(35-2)16-24(26)18-32/h3-10,16-17,32,37H,11-15,18-19H2,1-2H3,(H,33,34)/b30-20-. The Morgan fingerprint density at radius 2 is 1.68 bits per heavy atom. The maximum absolute atomic E-state index is 11.7. The first kappa shape index (κ1) is 26.8. The molecule has 3 aromatic rings. The topological polar surface area (TPSA) is 79.2 Å². The van der Waals surface area contributed by atoms with E-state index in [1.165, 1.54) is 0 Å². The number of aliphatic hydroxyl groups excluding tert-OH is 1. The highest BCUT2D eigenvalue weighted by molar-refractivity contribution is 7.79. The fourth-order valence-corrected chi connectivity index (χ4v) is 5.03. The minimum Gasteiger partial charge on any atom is -0.497 e. The second-order valence-electron chi connectivity index (χ2n) is 9.09. The molecule has 1 heterocycles. The molecule has 1 fully saturated rings. The van der Waals surface area contributed by atoms with Crippen molar-refractivity contribution in [2.45, 2.75) is 25.7 Å². The third-order valence-electron chi connectivity index (χ3n) is 6.68. The predicted molar refractivity (Wildman–Crippen MR) is 150 cm³/mol. The van der Waals surface area contributed by atoms with Crippen molar-refractivity contribution >= 4 is 29.9 Å². The Labute approximate surface area is 223 Å². The molecular formula is C30H33NO5S. The van der Waals surface area contributed by atoms with Crippen LogP contribution < -0.4 is 9.64 Å².